The summed E-state index contributed by atoms with van der Waals surface area (Å²) in [5.41, 5.74) is 2.30. The van der Waals surface area contributed by atoms with Crippen LogP contribution < -0.4 is 5.32 Å². The summed E-state index contributed by atoms with van der Waals surface area (Å²) in [5, 5.41) is 3.61. The summed E-state index contributed by atoms with van der Waals surface area (Å²) >= 11 is 5.77. The molecule has 0 bridgehead atoms. The van der Waals surface area contributed by atoms with Gasteiger partial charge < -0.3 is 5.32 Å². The summed E-state index contributed by atoms with van der Waals surface area (Å²) in [4.78, 5) is 0. The highest BCUT2D eigenvalue weighted by Gasteiger charge is 2.09. The van der Waals surface area contributed by atoms with Gasteiger partial charge in [0, 0.05) is 12.1 Å². The van der Waals surface area contributed by atoms with Crippen molar-refractivity contribution in [3.63, 3.8) is 0 Å². The SMILES string of the molecule is CC/C(=C/c1ccc(F)c(Cl)c1)CNC(C)(C)C. The summed E-state index contributed by atoms with van der Waals surface area (Å²) in [6.07, 6.45) is 3.02. The lowest BCUT2D eigenvalue weighted by Gasteiger charge is -2.21. The fourth-order valence-corrected chi connectivity index (χ4v) is 1.68. The van der Waals surface area contributed by atoms with Gasteiger partial charge in [-0.05, 0) is 44.9 Å². The maximum absolute atomic E-state index is 13.1. The highest BCUT2D eigenvalue weighted by molar-refractivity contribution is 6.30. The molecule has 0 atom stereocenters. The Morgan fingerprint density at radius 1 is 1.39 bits per heavy atom. The van der Waals surface area contributed by atoms with Crippen LogP contribution in [0.2, 0.25) is 5.02 Å². The minimum atomic E-state index is -0.375. The molecule has 0 saturated heterocycles. The average molecular weight is 270 g/mol. The van der Waals surface area contributed by atoms with Gasteiger partial charge in [-0.3, -0.25) is 0 Å². The molecule has 0 aromatic heterocycles. The first-order valence-electron chi connectivity index (χ1n) is 6.21. The second-order valence-corrected chi connectivity index (χ2v) is 5.84. The first kappa shape index (κ1) is 15.2. The fraction of sp³-hybridized carbons (Fsp3) is 0.467. The van der Waals surface area contributed by atoms with Gasteiger partial charge in [0.1, 0.15) is 5.82 Å². The molecule has 1 aromatic carbocycles. The van der Waals surface area contributed by atoms with Crippen molar-refractivity contribution in [3.8, 4) is 0 Å². The minimum absolute atomic E-state index is 0.0920. The molecule has 0 aliphatic heterocycles. The summed E-state index contributed by atoms with van der Waals surface area (Å²) in [6, 6.07) is 4.80. The molecule has 1 N–H and O–H groups in total. The number of nitrogens with one attached hydrogen (secondary N) is 1. The molecule has 0 spiro atoms. The fourth-order valence-electron chi connectivity index (χ4n) is 1.49. The number of benzene rings is 1. The van der Waals surface area contributed by atoms with Crippen LogP contribution in [0.25, 0.3) is 6.08 Å². The molecule has 3 heteroatoms. The molecule has 0 amide bonds. The smallest absolute Gasteiger partial charge is 0.141 e. The Morgan fingerprint density at radius 3 is 2.56 bits per heavy atom. The Bertz CT molecular complexity index is 433. The van der Waals surface area contributed by atoms with Crippen LogP contribution in [0.3, 0.4) is 0 Å². The van der Waals surface area contributed by atoms with Gasteiger partial charge in [0.25, 0.3) is 0 Å². The van der Waals surface area contributed by atoms with E-state index in [0.29, 0.717) is 0 Å². The number of hydrogen-bond donors (Lipinski definition) is 1. The van der Waals surface area contributed by atoms with Gasteiger partial charge in [0.15, 0.2) is 0 Å². The normalized spacial score (nSPS) is 12.9. The first-order chi connectivity index (χ1) is 8.31. The highest BCUT2D eigenvalue weighted by atomic mass is 35.5. The van der Waals surface area contributed by atoms with Crippen molar-refractivity contribution in [2.24, 2.45) is 0 Å². The van der Waals surface area contributed by atoms with E-state index in [-0.39, 0.29) is 16.4 Å². The molecular formula is C15H21ClFN. The predicted molar refractivity (Wildman–Crippen MR) is 77.4 cm³/mol. The van der Waals surface area contributed by atoms with Crippen LogP contribution in [-0.2, 0) is 0 Å². The molecule has 100 valence electrons. The lowest BCUT2D eigenvalue weighted by atomic mass is 10.1. The average Bonchev–Trinajstić information content (AvgIpc) is 2.28. The Balaban J connectivity index is 2.80. The van der Waals surface area contributed by atoms with Crippen LogP contribution in [0.1, 0.15) is 39.7 Å². The maximum atomic E-state index is 13.1. The topological polar surface area (TPSA) is 12.0 Å². The van der Waals surface area contributed by atoms with Gasteiger partial charge >= 0.3 is 0 Å². The molecular weight excluding hydrogens is 249 g/mol. The monoisotopic (exact) mass is 269 g/mol. The second kappa shape index (κ2) is 6.35. The Morgan fingerprint density at radius 2 is 2.06 bits per heavy atom. The second-order valence-electron chi connectivity index (χ2n) is 5.43. The summed E-state index contributed by atoms with van der Waals surface area (Å²) in [5.74, 6) is -0.375. The quantitative estimate of drug-likeness (QED) is 0.838. The van der Waals surface area contributed by atoms with Crippen molar-refractivity contribution in [1.82, 2.24) is 5.32 Å². The zero-order valence-corrected chi connectivity index (χ0v) is 12.2. The number of halogens is 2. The van der Waals surface area contributed by atoms with Crippen LogP contribution in [0.5, 0.6) is 0 Å². The van der Waals surface area contributed by atoms with Gasteiger partial charge in [-0.2, -0.15) is 0 Å². The number of rotatable bonds is 4. The van der Waals surface area contributed by atoms with E-state index in [1.165, 1.54) is 11.6 Å². The van der Waals surface area contributed by atoms with E-state index in [4.69, 9.17) is 11.6 Å². The lowest BCUT2D eigenvalue weighted by Crippen LogP contribution is -2.36. The van der Waals surface area contributed by atoms with Gasteiger partial charge in [-0.25, -0.2) is 4.39 Å². The lowest BCUT2D eigenvalue weighted by molar-refractivity contribution is 0.443. The van der Waals surface area contributed by atoms with Crippen molar-refractivity contribution in [2.75, 3.05) is 6.54 Å². The van der Waals surface area contributed by atoms with E-state index in [1.54, 1.807) is 12.1 Å². The summed E-state index contributed by atoms with van der Waals surface area (Å²) < 4.78 is 13.1. The van der Waals surface area contributed by atoms with Crippen molar-refractivity contribution in [2.45, 2.75) is 39.7 Å². The van der Waals surface area contributed by atoms with Crippen molar-refractivity contribution in [1.29, 1.82) is 0 Å². The molecule has 1 rings (SSSR count). The summed E-state index contributed by atoms with van der Waals surface area (Å²) in [7, 11) is 0. The predicted octanol–water partition coefficient (Wildman–Crippen LogP) is 4.66. The van der Waals surface area contributed by atoms with Crippen LogP contribution in [-0.4, -0.2) is 12.1 Å². The van der Waals surface area contributed by atoms with E-state index in [9.17, 15) is 4.39 Å². The Labute approximate surface area is 114 Å². The van der Waals surface area contributed by atoms with Crippen molar-refractivity contribution >= 4 is 17.7 Å². The van der Waals surface area contributed by atoms with E-state index in [1.807, 2.05) is 0 Å². The van der Waals surface area contributed by atoms with Crippen molar-refractivity contribution in [3.05, 3.63) is 40.2 Å². The third kappa shape index (κ3) is 5.19. The first-order valence-corrected chi connectivity index (χ1v) is 6.59. The van der Waals surface area contributed by atoms with Crippen LogP contribution in [0.4, 0.5) is 4.39 Å². The molecule has 0 heterocycles. The summed E-state index contributed by atoms with van der Waals surface area (Å²) in [6.45, 7) is 9.34. The van der Waals surface area contributed by atoms with Crippen LogP contribution >= 0.6 is 11.6 Å². The van der Waals surface area contributed by atoms with Gasteiger partial charge in [0.2, 0.25) is 0 Å². The zero-order chi connectivity index (χ0) is 13.8. The molecule has 0 aliphatic rings. The maximum Gasteiger partial charge on any atom is 0.141 e. The van der Waals surface area contributed by atoms with E-state index < -0.39 is 0 Å². The van der Waals surface area contributed by atoms with E-state index >= 15 is 0 Å². The molecule has 0 aliphatic carbocycles. The molecule has 0 saturated carbocycles. The van der Waals surface area contributed by atoms with Crippen LogP contribution in [0, 0.1) is 5.82 Å². The van der Waals surface area contributed by atoms with Gasteiger partial charge in [-0.15, -0.1) is 0 Å². The highest BCUT2D eigenvalue weighted by Crippen LogP contribution is 2.18. The minimum Gasteiger partial charge on any atom is -0.308 e. The van der Waals surface area contributed by atoms with E-state index in [2.05, 4.69) is 39.1 Å². The molecule has 0 unspecified atom stereocenters. The third-order valence-electron chi connectivity index (χ3n) is 2.61. The zero-order valence-electron chi connectivity index (χ0n) is 11.5. The van der Waals surface area contributed by atoms with E-state index in [0.717, 1.165) is 18.5 Å². The molecule has 18 heavy (non-hydrogen) atoms. The van der Waals surface area contributed by atoms with Gasteiger partial charge in [0.05, 0.1) is 5.02 Å². The molecule has 1 nitrogen and oxygen atoms in total. The Hall–Kier alpha value is -0.860. The van der Waals surface area contributed by atoms with Crippen molar-refractivity contribution < 1.29 is 4.39 Å². The van der Waals surface area contributed by atoms with Crippen LogP contribution in [0.15, 0.2) is 23.8 Å². The third-order valence-corrected chi connectivity index (χ3v) is 2.90. The number of hydrogen-bond acceptors (Lipinski definition) is 1. The largest absolute Gasteiger partial charge is 0.308 e. The van der Waals surface area contributed by atoms with Gasteiger partial charge in [-0.1, -0.05) is 36.2 Å². The Kier molecular flexibility index (Phi) is 5.36. The molecule has 0 fully saturated rings. The standard InChI is InChI=1S/C15H21ClFN/c1-5-11(10-18-15(2,3)4)8-12-6-7-14(17)13(16)9-12/h6-9,18H,5,10H2,1-4H3/b11-8-. The molecule has 0 radical (unpaired) electrons. The molecule has 1 aromatic rings.